The Kier molecular flexibility index (Phi) is 6.10. The fourth-order valence-electron chi connectivity index (χ4n) is 3.83. The maximum absolute atomic E-state index is 9.34. The number of aliphatic hydroxyl groups excluding tert-OH is 1. The molecular formula is C21H27N5O5. The maximum Gasteiger partial charge on any atom is 0.203 e. The van der Waals surface area contributed by atoms with Crippen LogP contribution in [0.1, 0.15) is 37.6 Å². The zero-order chi connectivity index (χ0) is 22.0. The van der Waals surface area contributed by atoms with Gasteiger partial charge in [0.2, 0.25) is 5.75 Å². The molecule has 3 aromatic rings. The van der Waals surface area contributed by atoms with Crippen molar-refractivity contribution in [2.75, 3.05) is 33.3 Å². The molecule has 4 rings (SSSR count). The third-order valence-electron chi connectivity index (χ3n) is 5.50. The van der Waals surface area contributed by atoms with Crippen molar-refractivity contribution in [2.24, 2.45) is 0 Å². The molecule has 0 bridgehead atoms. The van der Waals surface area contributed by atoms with Gasteiger partial charge in [-0.25, -0.2) is 15.0 Å². The van der Waals surface area contributed by atoms with E-state index in [-0.39, 0.29) is 25.0 Å². The van der Waals surface area contributed by atoms with E-state index in [9.17, 15) is 5.11 Å². The van der Waals surface area contributed by atoms with Gasteiger partial charge in [-0.3, -0.25) is 4.57 Å². The van der Waals surface area contributed by atoms with Crippen LogP contribution in [-0.2, 0) is 4.74 Å². The summed E-state index contributed by atoms with van der Waals surface area (Å²) in [6, 6.07) is 3.67. The molecule has 1 aliphatic rings. The van der Waals surface area contributed by atoms with Gasteiger partial charge < -0.3 is 29.4 Å². The van der Waals surface area contributed by atoms with Gasteiger partial charge in [-0.1, -0.05) is 0 Å². The highest BCUT2D eigenvalue weighted by Crippen LogP contribution is 2.40. The second-order valence-electron chi connectivity index (χ2n) is 7.34. The highest BCUT2D eigenvalue weighted by atomic mass is 16.5. The van der Waals surface area contributed by atoms with Crippen LogP contribution in [0.3, 0.4) is 0 Å². The lowest BCUT2D eigenvalue weighted by Crippen LogP contribution is -2.14. The third kappa shape index (κ3) is 3.96. The first-order valence-electron chi connectivity index (χ1n) is 10.1. The van der Waals surface area contributed by atoms with Crippen LogP contribution in [0.2, 0.25) is 0 Å². The number of rotatable bonds is 8. The van der Waals surface area contributed by atoms with E-state index in [2.05, 4.69) is 20.3 Å². The number of ether oxygens (including phenoxy) is 4. The lowest BCUT2D eigenvalue weighted by atomic mass is 10.1. The molecule has 10 heteroatoms. The number of nitrogens with zero attached hydrogens (tertiary/aromatic N) is 4. The Morgan fingerprint density at radius 1 is 1.13 bits per heavy atom. The molecule has 0 spiro atoms. The van der Waals surface area contributed by atoms with E-state index in [1.807, 2.05) is 23.6 Å². The molecule has 31 heavy (non-hydrogen) atoms. The fraction of sp³-hybridized carbons (Fsp3) is 0.476. The van der Waals surface area contributed by atoms with Crippen molar-refractivity contribution in [3.8, 4) is 17.2 Å². The van der Waals surface area contributed by atoms with Gasteiger partial charge in [0.15, 0.2) is 28.5 Å². The first-order valence-corrected chi connectivity index (χ1v) is 10.1. The first-order chi connectivity index (χ1) is 15.1. The number of anilines is 1. The predicted molar refractivity (Wildman–Crippen MR) is 114 cm³/mol. The fourth-order valence-corrected chi connectivity index (χ4v) is 3.83. The van der Waals surface area contributed by atoms with Crippen molar-refractivity contribution in [1.82, 2.24) is 19.5 Å². The molecule has 166 valence electrons. The molecule has 2 N–H and O–H groups in total. The van der Waals surface area contributed by atoms with Gasteiger partial charge >= 0.3 is 0 Å². The molecule has 3 heterocycles. The first kappa shape index (κ1) is 21.1. The number of imidazole rings is 1. The molecule has 10 nitrogen and oxygen atoms in total. The Balaban J connectivity index is 1.62. The largest absolute Gasteiger partial charge is 0.493 e. The number of hydrogen-bond acceptors (Lipinski definition) is 9. The number of benzene rings is 1. The van der Waals surface area contributed by atoms with Crippen molar-refractivity contribution >= 4 is 17.0 Å². The molecule has 2 aromatic heterocycles. The summed E-state index contributed by atoms with van der Waals surface area (Å²) in [5.74, 6) is 2.32. The highest BCUT2D eigenvalue weighted by Gasteiger charge is 2.28. The summed E-state index contributed by atoms with van der Waals surface area (Å²) in [6.45, 7) is 2.02. The molecule has 0 radical (unpaired) electrons. The van der Waals surface area contributed by atoms with Crippen LogP contribution < -0.4 is 19.5 Å². The van der Waals surface area contributed by atoms with E-state index in [1.54, 1.807) is 27.7 Å². The molecule has 1 saturated heterocycles. The summed E-state index contributed by atoms with van der Waals surface area (Å²) < 4.78 is 24.1. The van der Waals surface area contributed by atoms with Gasteiger partial charge in [-0.05, 0) is 37.5 Å². The number of methoxy groups -OCH3 is 3. The molecule has 0 aliphatic carbocycles. The van der Waals surface area contributed by atoms with Gasteiger partial charge in [0.05, 0.1) is 46.4 Å². The van der Waals surface area contributed by atoms with Crippen LogP contribution in [0.5, 0.6) is 17.2 Å². The van der Waals surface area contributed by atoms with Crippen molar-refractivity contribution in [3.05, 3.63) is 30.4 Å². The van der Waals surface area contributed by atoms with Crippen molar-refractivity contribution in [3.63, 3.8) is 0 Å². The number of aromatic nitrogens is 4. The molecule has 1 aromatic carbocycles. The SMILES string of the molecule is COc1cc(C(C)Nc2ncnc3c2ncn3[C@H]2CC[C@@H](CO)O2)cc(OC)c1OC. The van der Waals surface area contributed by atoms with E-state index in [1.165, 1.54) is 6.33 Å². The zero-order valence-corrected chi connectivity index (χ0v) is 18.0. The summed E-state index contributed by atoms with van der Waals surface area (Å²) >= 11 is 0. The summed E-state index contributed by atoms with van der Waals surface area (Å²) in [6.07, 6.45) is 4.46. The Bertz CT molecular complexity index is 1030. The van der Waals surface area contributed by atoms with Crippen LogP contribution in [0.15, 0.2) is 24.8 Å². The second-order valence-corrected chi connectivity index (χ2v) is 7.34. The van der Waals surface area contributed by atoms with Gasteiger partial charge in [-0.15, -0.1) is 0 Å². The monoisotopic (exact) mass is 429 g/mol. The summed E-state index contributed by atoms with van der Waals surface area (Å²) in [7, 11) is 4.75. The quantitative estimate of drug-likeness (QED) is 0.558. The molecule has 1 aliphatic heterocycles. The molecule has 3 atom stereocenters. The molecular weight excluding hydrogens is 402 g/mol. The number of nitrogens with one attached hydrogen (secondary N) is 1. The number of hydrogen-bond donors (Lipinski definition) is 2. The van der Waals surface area contributed by atoms with Gasteiger partial charge in [0.1, 0.15) is 12.6 Å². The van der Waals surface area contributed by atoms with Crippen molar-refractivity contribution in [1.29, 1.82) is 0 Å². The van der Waals surface area contributed by atoms with Crippen LogP contribution >= 0.6 is 0 Å². The van der Waals surface area contributed by atoms with E-state index in [4.69, 9.17) is 18.9 Å². The minimum Gasteiger partial charge on any atom is -0.493 e. The summed E-state index contributed by atoms with van der Waals surface area (Å²) in [5, 5.41) is 12.7. The Hall–Kier alpha value is -3.11. The lowest BCUT2D eigenvalue weighted by molar-refractivity contribution is -0.0207. The second kappa shape index (κ2) is 8.94. The standard InChI is InChI=1S/C21H27N5O5/c1-12(13-7-15(28-2)19(30-4)16(8-13)29-3)25-20-18-21(23-10-22-20)26(11-24-18)17-6-5-14(9-27)31-17/h7-8,10-12,14,17,27H,5-6,9H2,1-4H3,(H,22,23,25)/t12?,14-,17+/m0/s1. The van der Waals surface area contributed by atoms with Gasteiger partial charge in [0, 0.05) is 0 Å². The normalized spacial score (nSPS) is 19.4. The van der Waals surface area contributed by atoms with E-state index in [0.717, 1.165) is 18.4 Å². The van der Waals surface area contributed by atoms with E-state index < -0.39 is 0 Å². The van der Waals surface area contributed by atoms with E-state index in [0.29, 0.717) is 34.2 Å². The Morgan fingerprint density at radius 3 is 2.48 bits per heavy atom. The van der Waals surface area contributed by atoms with Crippen LogP contribution in [-0.4, -0.2) is 58.7 Å². The number of fused-ring (bicyclic) bond motifs is 1. The van der Waals surface area contributed by atoms with Crippen molar-refractivity contribution in [2.45, 2.75) is 38.1 Å². The Labute approximate surface area is 180 Å². The van der Waals surface area contributed by atoms with Gasteiger partial charge in [-0.2, -0.15) is 0 Å². The molecule has 0 saturated carbocycles. The topological polar surface area (TPSA) is 113 Å². The van der Waals surface area contributed by atoms with Crippen LogP contribution in [0.25, 0.3) is 11.2 Å². The molecule has 1 fully saturated rings. The highest BCUT2D eigenvalue weighted by molar-refractivity contribution is 5.83. The number of aliphatic hydroxyl groups is 1. The smallest absolute Gasteiger partial charge is 0.203 e. The van der Waals surface area contributed by atoms with E-state index >= 15 is 0 Å². The van der Waals surface area contributed by atoms with Gasteiger partial charge in [0.25, 0.3) is 0 Å². The molecule has 0 amide bonds. The Morgan fingerprint density at radius 2 is 1.87 bits per heavy atom. The minimum atomic E-state index is -0.197. The summed E-state index contributed by atoms with van der Waals surface area (Å²) in [5.41, 5.74) is 2.27. The molecule has 1 unspecified atom stereocenters. The summed E-state index contributed by atoms with van der Waals surface area (Å²) in [4.78, 5) is 13.3. The van der Waals surface area contributed by atoms with Crippen LogP contribution in [0, 0.1) is 0 Å². The third-order valence-corrected chi connectivity index (χ3v) is 5.50. The maximum atomic E-state index is 9.34. The predicted octanol–water partition coefficient (Wildman–Crippen LogP) is 2.70. The van der Waals surface area contributed by atoms with Crippen molar-refractivity contribution < 1.29 is 24.1 Å². The minimum absolute atomic E-state index is 0.0111. The average molecular weight is 429 g/mol. The zero-order valence-electron chi connectivity index (χ0n) is 18.0. The van der Waals surface area contributed by atoms with Crippen LogP contribution in [0.4, 0.5) is 5.82 Å². The average Bonchev–Trinajstić information content (AvgIpc) is 3.45. The lowest BCUT2D eigenvalue weighted by Gasteiger charge is -2.19.